The standard InChI is InChI=1S/C43H59N3O6/c1-28-13-10-14-35(39(28)50-27-32-19-18-31-20-23-45(24-21-33(31)29(32)2)41(49)52-43(7,8)9)36-15-11-17-38(44-36)46-25-22-34(40(48)51-42(4,5)6)30(3)37(46)16-12-26-47/h10-11,13-15,17-19,30,34,37,47H,12,16,20-27H2,1-9H3/t30-,34-,37+/m1/s1. The Morgan fingerprint density at radius 2 is 1.62 bits per heavy atom. The number of aliphatic hydroxyl groups excluding tert-OH is 1. The van der Waals surface area contributed by atoms with Crippen LogP contribution in [0.2, 0.25) is 0 Å². The first kappa shape index (κ1) is 39.1. The summed E-state index contributed by atoms with van der Waals surface area (Å²) in [5.74, 6) is 1.32. The van der Waals surface area contributed by atoms with Gasteiger partial charge in [0.15, 0.2) is 0 Å². The van der Waals surface area contributed by atoms with E-state index >= 15 is 0 Å². The highest BCUT2D eigenvalue weighted by Crippen LogP contribution is 2.38. The summed E-state index contributed by atoms with van der Waals surface area (Å²) in [6, 6.07) is 16.6. The number of carbonyl (C=O) groups is 2. The summed E-state index contributed by atoms with van der Waals surface area (Å²) in [7, 11) is 0. The number of aliphatic hydroxyl groups is 1. The van der Waals surface area contributed by atoms with Crippen molar-refractivity contribution in [3.63, 3.8) is 0 Å². The van der Waals surface area contributed by atoms with Gasteiger partial charge in [-0.1, -0.05) is 37.3 Å². The molecule has 0 bridgehead atoms. The molecule has 1 amide bonds. The zero-order chi connectivity index (χ0) is 37.8. The molecule has 3 atom stereocenters. The van der Waals surface area contributed by atoms with Crippen LogP contribution in [0.15, 0.2) is 48.5 Å². The lowest BCUT2D eigenvalue weighted by molar-refractivity contribution is -0.163. The number of rotatable bonds is 9. The maximum Gasteiger partial charge on any atom is 0.410 e. The molecule has 0 unspecified atom stereocenters. The van der Waals surface area contributed by atoms with E-state index in [-0.39, 0.29) is 36.5 Å². The van der Waals surface area contributed by atoms with E-state index < -0.39 is 11.2 Å². The molecule has 1 N–H and O–H groups in total. The number of carbonyl (C=O) groups excluding carboxylic acids is 2. The monoisotopic (exact) mass is 713 g/mol. The van der Waals surface area contributed by atoms with Crippen molar-refractivity contribution in [1.29, 1.82) is 0 Å². The fourth-order valence-corrected chi connectivity index (χ4v) is 7.62. The Kier molecular flexibility index (Phi) is 12.2. The summed E-state index contributed by atoms with van der Waals surface area (Å²) in [4.78, 5) is 35.4. The maximum atomic E-state index is 13.2. The summed E-state index contributed by atoms with van der Waals surface area (Å²) in [6.07, 6.45) is 3.38. The molecule has 9 heteroatoms. The number of amides is 1. The van der Waals surface area contributed by atoms with Crippen molar-refractivity contribution in [3.05, 3.63) is 76.3 Å². The Bertz CT molecular complexity index is 1720. The Hall–Kier alpha value is -4.11. The van der Waals surface area contributed by atoms with Crippen LogP contribution < -0.4 is 9.64 Å². The minimum Gasteiger partial charge on any atom is -0.488 e. The van der Waals surface area contributed by atoms with Gasteiger partial charge >= 0.3 is 12.1 Å². The SMILES string of the molecule is Cc1cccc(-c2cccc(N3CC[C@@H](C(=O)OC(C)(C)C)[C@@H](C)[C@@H]3CCCO)n2)c1OCc1ccc2c(c1C)CCN(C(=O)OC(C)(C)C)CC2. The van der Waals surface area contributed by atoms with Crippen LogP contribution in [-0.2, 0) is 33.7 Å². The van der Waals surface area contributed by atoms with Crippen molar-refractivity contribution in [2.24, 2.45) is 11.8 Å². The number of aryl methyl sites for hydroxylation is 1. The van der Waals surface area contributed by atoms with Gasteiger partial charge in [-0.05, 0) is 139 Å². The second-order valence-corrected chi connectivity index (χ2v) is 16.5. The summed E-state index contributed by atoms with van der Waals surface area (Å²) in [5.41, 5.74) is 6.58. The van der Waals surface area contributed by atoms with Crippen molar-refractivity contribution >= 4 is 17.9 Å². The summed E-state index contributed by atoms with van der Waals surface area (Å²) < 4.78 is 18.1. The van der Waals surface area contributed by atoms with Crippen LogP contribution in [0.25, 0.3) is 11.3 Å². The topological polar surface area (TPSA) is 101 Å². The van der Waals surface area contributed by atoms with Crippen LogP contribution in [-0.4, -0.2) is 70.5 Å². The molecule has 9 nitrogen and oxygen atoms in total. The zero-order valence-electron chi connectivity index (χ0n) is 32.8. The van der Waals surface area contributed by atoms with Gasteiger partial charge < -0.3 is 29.1 Å². The van der Waals surface area contributed by atoms with Gasteiger partial charge in [-0.2, -0.15) is 0 Å². The molecular weight excluding hydrogens is 654 g/mol. The molecule has 0 radical (unpaired) electrons. The van der Waals surface area contributed by atoms with Gasteiger partial charge in [0.25, 0.3) is 0 Å². The highest BCUT2D eigenvalue weighted by molar-refractivity contribution is 5.74. The molecule has 0 saturated carbocycles. The Morgan fingerprint density at radius 1 is 0.904 bits per heavy atom. The molecule has 3 aromatic rings. The van der Waals surface area contributed by atoms with Gasteiger partial charge in [0.1, 0.15) is 29.4 Å². The Balaban J connectivity index is 1.35. The normalized spacial score (nSPS) is 19.5. The average molecular weight is 714 g/mol. The van der Waals surface area contributed by atoms with Crippen molar-refractivity contribution in [1.82, 2.24) is 9.88 Å². The molecule has 2 aliphatic heterocycles. The first-order valence-electron chi connectivity index (χ1n) is 18.9. The molecule has 0 spiro atoms. The second kappa shape index (κ2) is 16.3. The Morgan fingerprint density at radius 3 is 2.33 bits per heavy atom. The molecular formula is C43H59N3O6. The van der Waals surface area contributed by atoms with Crippen LogP contribution in [0.1, 0.15) is 95.5 Å². The predicted octanol–water partition coefficient (Wildman–Crippen LogP) is 8.23. The van der Waals surface area contributed by atoms with Crippen molar-refractivity contribution in [2.75, 3.05) is 31.1 Å². The van der Waals surface area contributed by atoms with E-state index in [4.69, 9.17) is 19.2 Å². The number of anilines is 1. The van der Waals surface area contributed by atoms with E-state index in [2.05, 4.69) is 49.9 Å². The van der Waals surface area contributed by atoms with Gasteiger partial charge in [0.2, 0.25) is 0 Å². The number of piperidine rings is 1. The van der Waals surface area contributed by atoms with Gasteiger partial charge in [0.05, 0.1) is 11.6 Å². The second-order valence-electron chi connectivity index (χ2n) is 16.5. The number of pyridine rings is 1. The molecule has 0 aliphatic carbocycles. The zero-order valence-corrected chi connectivity index (χ0v) is 32.8. The van der Waals surface area contributed by atoms with Crippen molar-refractivity contribution < 1.29 is 28.9 Å². The first-order valence-corrected chi connectivity index (χ1v) is 18.9. The summed E-state index contributed by atoms with van der Waals surface area (Å²) >= 11 is 0. The lowest BCUT2D eigenvalue weighted by Gasteiger charge is -2.44. The number of para-hydroxylation sites is 1. The summed E-state index contributed by atoms with van der Waals surface area (Å²) in [5, 5.41) is 9.74. The molecule has 5 rings (SSSR count). The summed E-state index contributed by atoms with van der Waals surface area (Å²) in [6.45, 7) is 20.2. The highest BCUT2D eigenvalue weighted by atomic mass is 16.6. The number of hydrogen-bond acceptors (Lipinski definition) is 8. The van der Waals surface area contributed by atoms with E-state index in [0.717, 1.165) is 53.2 Å². The van der Waals surface area contributed by atoms with E-state index in [0.29, 0.717) is 39.1 Å². The van der Waals surface area contributed by atoms with Gasteiger partial charge in [-0.25, -0.2) is 9.78 Å². The number of aromatic nitrogens is 1. The number of hydrogen-bond donors (Lipinski definition) is 1. The van der Waals surface area contributed by atoms with E-state index in [1.807, 2.05) is 70.7 Å². The molecule has 2 aromatic carbocycles. The highest BCUT2D eigenvalue weighted by Gasteiger charge is 2.41. The lowest BCUT2D eigenvalue weighted by atomic mass is 9.79. The minimum atomic E-state index is -0.541. The number of nitrogens with zero attached hydrogens (tertiary/aromatic N) is 3. The number of fused-ring (bicyclic) bond motifs is 1. The maximum absolute atomic E-state index is 13.2. The van der Waals surface area contributed by atoms with Crippen LogP contribution >= 0.6 is 0 Å². The number of benzene rings is 2. The fourth-order valence-electron chi connectivity index (χ4n) is 7.62. The quantitative estimate of drug-likeness (QED) is 0.222. The third-order valence-corrected chi connectivity index (χ3v) is 10.3. The lowest BCUT2D eigenvalue weighted by Crippen LogP contribution is -2.51. The van der Waals surface area contributed by atoms with Crippen LogP contribution in [0.4, 0.5) is 10.6 Å². The number of esters is 1. The molecule has 2 aliphatic rings. The van der Waals surface area contributed by atoms with E-state index in [9.17, 15) is 14.7 Å². The third-order valence-electron chi connectivity index (χ3n) is 10.3. The van der Waals surface area contributed by atoms with Gasteiger partial charge in [-0.15, -0.1) is 0 Å². The van der Waals surface area contributed by atoms with E-state index in [1.165, 1.54) is 16.7 Å². The molecule has 1 aromatic heterocycles. The Labute approximate surface area is 310 Å². The van der Waals surface area contributed by atoms with Crippen molar-refractivity contribution in [2.45, 2.75) is 118 Å². The van der Waals surface area contributed by atoms with Gasteiger partial charge in [-0.3, -0.25) is 4.79 Å². The minimum absolute atomic E-state index is 0.0294. The molecule has 282 valence electrons. The fraction of sp³-hybridized carbons (Fsp3) is 0.558. The predicted molar refractivity (Wildman–Crippen MR) is 206 cm³/mol. The molecule has 1 saturated heterocycles. The molecule has 52 heavy (non-hydrogen) atoms. The number of ether oxygens (including phenoxy) is 3. The van der Waals surface area contributed by atoms with Crippen LogP contribution in [0.5, 0.6) is 5.75 Å². The average Bonchev–Trinajstić information content (AvgIpc) is 3.30. The molecule has 1 fully saturated rings. The van der Waals surface area contributed by atoms with Gasteiger partial charge in [0, 0.05) is 37.8 Å². The van der Waals surface area contributed by atoms with E-state index in [1.54, 1.807) is 0 Å². The van der Waals surface area contributed by atoms with Crippen LogP contribution in [0.3, 0.4) is 0 Å². The first-order chi connectivity index (χ1) is 24.6. The van der Waals surface area contributed by atoms with Crippen LogP contribution in [0, 0.1) is 25.7 Å². The largest absolute Gasteiger partial charge is 0.488 e. The smallest absolute Gasteiger partial charge is 0.410 e. The molecule has 3 heterocycles. The van der Waals surface area contributed by atoms with Crippen molar-refractivity contribution in [3.8, 4) is 17.0 Å². The third kappa shape index (κ3) is 9.46.